The Balaban J connectivity index is 0.00000196. The van der Waals surface area contributed by atoms with Crippen LogP contribution < -0.4 is 4.74 Å². The molecule has 1 N–H and O–H groups in total. The van der Waals surface area contributed by atoms with Gasteiger partial charge in [0.25, 0.3) is 0 Å². The summed E-state index contributed by atoms with van der Waals surface area (Å²) in [7, 11) is 0. The van der Waals surface area contributed by atoms with Crippen molar-refractivity contribution in [2.75, 3.05) is 0 Å². The largest absolute Gasteiger partial charge is 0.479 e. The molecule has 0 aliphatic heterocycles. The number of aryl methyl sites for hydroxylation is 1. The summed E-state index contributed by atoms with van der Waals surface area (Å²) < 4.78 is 5.20. The fraction of sp³-hybridized carbons (Fsp3) is 0.300. The van der Waals surface area contributed by atoms with Gasteiger partial charge in [0.05, 0.1) is 0 Å². The maximum absolute atomic E-state index is 10.5. The van der Waals surface area contributed by atoms with Crippen molar-refractivity contribution in [3.8, 4) is 5.75 Å². The minimum Gasteiger partial charge on any atom is -0.479 e. The van der Waals surface area contributed by atoms with Crippen LogP contribution in [-0.4, -0.2) is 46.7 Å². The van der Waals surface area contributed by atoms with Crippen LogP contribution in [0.2, 0.25) is 5.02 Å². The fourth-order valence-electron chi connectivity index (χ4n) is 0.986. The van der Waals surface area contributed by atoms with Gasteiger partial charge in [-0.05, 0) is 37.6 Å². The molecule has 77 valence electrons. The topological polar surface area (TPSA) is 46.5 Å². The Morgan fingerprint density at radius 1 is 1.53 bits per heavy atom. The molecule has 0 heterocycles. The van der Waals surface area contributed by atoms with Crippen LogP contribution in [0, 0.1) is 6.92 Å². The van der Waals surface area contributed by atoms with Crippen LogP contribution in [-0.2, 0) is 4.79 Å². The van der Waals surface area contributed by atoms with Crippen LogP contribution in [0.15, 0.2) is 18.2 Å². The summed E-state index contributed by atoms with van der Waals surface area (Å²) in [5.74, 6) is -0.441. The Bertz CT molecular complexity index is 355. The van der Waals surface area contributed by atoms with Gasteiger partial charge in [-0.25, -0.2) is 4.79 Å². The quantitative estimate of drug-likeness (QED) is 0.819. The van der Waals surface area contributed by atoms with Gasteiger partial charge in [0.2, 0.25) is 0 Å². The number of benzene rings is 1. The number of rotatable bonds is 3. The van der Waals surface area contributed by atoms with Crippen molar-refractivity contribution in [3.63, 3.8) is 0 Å². The SMILES string of the molecule is Cc1cc(Cl)ccc1OC(C)C(=O)O.[Na]. The first-order valence-corrected chi connectivity index (χ1v) is 4.54. The van der Waals surface area contributed by atoms with Crippen molar-refractivity contribution in [1.82, 2.24) is 0 Å². The summed E-state index contributed by atoms with van der Waals surface area (Å²) in [6.07, 6.45) is -0.852. The molecule has 0 amide bonds. The molecule has 1 aromatic carbocycles. The van der Waals surface area contributed by atoms with Gasteiger partial charge < -0.3 is 9.84 Å². The van der Waals surface area contributed by atoms with Crippen LogP contribution in [0.4, 0.5) is 0 Å². The van der Waals surface area contributed by atoms with Crippen LogP contribution >= 0.6 is 11.6 Å². The molecule has 0 aliphatic carbocycles. The average Bonchev–Trinajstić information content (AvgIpc) is 2.09. The van der Waals surface area contributed by atoms with Gasteiger partial charge in [0.1, 0.15) is 5.75 Å². The number of halogens is 1. The van der Waals surface area contributed by atoms with Crippen molar-refractivity contribution in [3.05, 3.63) is 28.8 Å². The third-order valence-electron chi connectivity index (χ3n) is 1.79. The number of aliphatic carboxylic acids is 1. The Morgan fingerprint density at radius 2 is 2.13 bits per heavy atom. The predicted molar refractivity (Wildman–Crippen MR) is 59.7 cm³/mol. The molecule has 1 rings (SSSR count). The molecule has 1 atom stereocenters. The number of hydrogen-bond donors (Lipinski definition) is 1. The summed E-state index contributed by atoms with van der Waals surface area (Å²) in [5, 5.41) is 9.25. The minimum absolute atomic E-state index is 0. The third kappa shape index (κ3) is 4.43. The number of hydrogen-bond acceptors (Lipinski definition) is 2. The van der Waals surface area contributed by atoms with E-state index in [0.29, 0.717) is 10.8 Å². The third-order valence-corrected chi connectivity index (χ3v) is 2.02. The molecule has 1 radical (unpaired) electrons. The molecule has 0 aromatic heterocycles. The first-order chi connectivity index (χ1) is 6.50. The molecule has 0 fully saturated rings. The second-order valence-corrected chi connectivity index (χ2v) is 3.44. The van der Waals surface area contributed by atoms with E-state index in [9.17, 15) is 4.79 Å². The van der Waals surface area contributed by atoms with E-state index < -0.39 is 12.1 Å². The monoisotopic (exact) mass is 237 g/mol. The second-order valence-electron chi connectivity index (χ2n) is 3.01. The summed E-state index contributed by atoms with van der Waals surface area (Å²) in [4.78, 5) is 10.5. The molecule has 0 saturated carbocycles. The normalized spacial score (nSPS) is 11.4. The first kappa shape index (κ1) is 14.8. The molecule has 1 unspecified atom stereocenters. The van der Waals surface area contributed by atoms with E-state index in [1.165, 1.54) is 6.92 Å². The van der Waals surface area contributed by atoms with Crippen molar-refractivity contribution in [2.24, 2.45) is 0 Å². The number of carbonyl (C=O) groups is 1. The molecule has 15 heavy (non-hydrogen) atoms. The van der Waals surface area contributed by atoms with E-state index in [2.05, 4.69) is 0 Å². The zero-order valence-corrected chi connectivity index (χ0v) is 11.7. The standard InChI is InChI=1S/C10H11ClO3.Na/c1-6-5-8(11)3-4-9(6)14-7(2)10(12)13;/h3-5,7H,1-2H3,(H,12,13);. The van der Waals surface area contributed by atoms with E-state index in [-0.39, 0.29) is 29.6 Å². The summed E-state index contributed by atoms with van der Waals surface area (Å²) in [6.45, 7) is 3.30. The maximum Gasteiger partial charge on any atom is 0.344 e. The summed E-state index contributed by atoms with van der Waals surface area (Å²) in [5.41, 5.74) is 0.825. The Kier molecular flexibility index (Phi) is 6.29. The van der Waals surface area contributed by atoms with Crippen LogP contribution in [0.1, 0.15) is 12.5 Å². The second kappa shape index (κ2) is 6.38. The van der Waals surface area contributed by atoms with Gasteiger partial charge in [-0.3, -0.25) is 0 Å². The van der Waals surface area contributed by atoms with E-state index in [1.807, 2.05) is 6.92 Å². The van der Waals surface area contributed by atoms with E-state index in [4.69, 9.17) is 21.4 Å². The Labute approximate surface area is 116 Å². The number of carboxylic acids is 1. The Morgan fingerprint density at radius 3 is 2.60 bits per heavy atom. The van der Waals surface area contributed by atoms with Crippen molar-refractivity contribution >= 4 is 47.1 Å². The molecule has 0 aliphatic rings. The zero-order chi connectivity index (χ0) is 10.7. The molecule has 3 nitrogen and oxygen atoms in total. The van der Waals surface area contributed by atoms with Gasteiger partial charge >= 0.3 is 5.97 Å². The van der Waals surface area contributed by atoms with Gasteiger partial charge in [-0.15, -0.1) is 0 Å². The van der Waals surface area contributed by atoms with Crippen molar-refractivity contribution < 1.29 is 14.6 Å². The molecular formula is C10H11ClNaO3. The molecule has 0 bridgehead atoms. The molecule has 1 aromatic rings. The molecule has 0 spiro atoms. The van der Waals surface area contributed by atoms with Gasteiger partial charge in [0.15, 0.2) is 6.10 Å². The summed E-state index contributed by atoms with van der Waals surface area (Å²) >= 11 is 5.74. The average molecular weight is 238 g/mol. The number of ether oxygens (including phenoxy) is 1. The van der Waals surface area contributed by atoms with Gasteiger partial charge in [-0.2, -0.15) is 0 Å². The maximum atomic E-state index is 10.5. The smallest absolute Gasteiger partial charge is 0.344 e. The van der Waals surface area contributed by atoms with E-state index >= 15 is 0 Å². The number of carboxylic acid groups (broad SMARTS) is 1. The van der Waals surface area contributed by atoms with E-state index in [1.54, 1.807) is 18.2 Å². The molecular weight excluding hydrogens is 227 g/mol. The zero-order valence-electron chi connectivity index (χ0n) is 8.95. The van der Waals surface area contributed by atoms with Crippen LogP contribution in [0.5, 0.6) is 5.75 Å². The van der Waals surface area contributed by atoms with Crippen molar-refractivity contribution in [1.29, 1.82) is 0 Å². The van der Waals surface area contributed by atoms with Crippen LogP contribution in [0.25, 0.3) is 0 Å². The Hall–Kier alpha value is -0.220. The van der Waals surface area contributed by atoms with Gasteiger partial charge in [0, 0.05) is 34.6 Å². The van der Waals surface area contributed by atoms with Gasteiger partial charge in [-0.1, -0.05) is 11.6 Å². The first-order valence-electron chi connectivity index (χ1n) is 4.16. The fourth-order valence-corrected chi connectivity index (χ4v) is 1.21. The van der Waals surface area contributed by atoms with Crippen molar-refractivity contribution in [2.45, 2.75) is 20.0 Å². The van der Waals surface area contributed by atoms with E-state index in [0.717, 1.165) is 5.56 Å². The minimum atomic E-state index is -0.987. The molecule has 0 saturated heterocycles. The predicted octanol–water partition coefficient (Wildman–Crippen LogP) is 2.12. The van der Waals surface area contributed by atoms with Crippen LogP contribution in [0.3, 0.4) is 0 Å². The summed E-state index contributed by atoms with van der Waals surface area (Å²) in [6, 6.07) is 5.06. The molecule has 5 heteroatoms.